The van der Waals surface area contributed by atoms with Crippen LogP contribution in [-0.4, -0.2) is 13.2 Å². The standard InChI is InChI=1S/C17H19F2NO/c1-3-20-15(13-8-4-5-9-14(13)18)11-21-16-10-6-7-12(2)17(16)19/h4-10,15,20H,3,11H2,1-2H3. The van der Waals surface area contributed by atoms with Gasteiger partial charge in [-0.2, -0.15) is 0 Å². The van der Waals surface area contributed by atoms with Crippen molar-refractivity contribution in [2.75, 3.05) is 13.2 Å². The molecular weight excluding hydrogens is 272 g/mol. The van der Waals surface area contributed by atoms with Crippen molar-refractivity contribution in [2.45, 2.75) is 19.9 Å². The normalized spacial score (nSPS) is 12.2. The maximum atomic E-state index is 13.9. The van der Waals surface area contributed by atoms with Crippen LogP contribution in [0.4, 0.5) is 8.78 Å². The maximum absolute atomic E-state index is 13.9. The van der Waals surface area contributed by atoms with E-state index in [4.69, 9.17) is 4.74 Å². The highest BCUT2D eigenvalue weighted by molar-refractivity contribution is 5.30. The van der Waals surface area contributed by atoms with Gasteiger partial charge in [0.1, 0.15) is 12.4 Å². The highest BCUT2D eigenvalue weighted by Crippen LogP contribution is 2.23. The molecule has 1 unspecified atom stereocenters. The molecule has 21 heavy (non-hydrogen) atoms. The predicted octanol–water partition coefficient (Wildman–Crippen LogP) is 4.00. The Hall–Kier alpha value is -1.94. The molecule has 2 aromatic carbocycles. The number of nitrogens with one attached hydrogen (secondary N) is 1. The molecule has 0 saturated carbocycles. The second-order valence-corrected chi connectivity index (χ2v) is 4.83. The molecule has 0 bridgehead atoms. The lowest BCUT2D eigenvalue weighted by Gasteiger charge is -2.20. The van der Waals surface area contributed by atoms with E-state index >= 15 is 0 Å². The third kappa shape index (κ3) is 3.79. The Kier molecular flexibility index (Phi) is 5.28. The van der Waals surface area contributed by atoms with E-state index in [1.165, 1.54) is 6.07 Å². The van der Waals surface area contributed by atoms with Crippen molar-refractivity contribution in [1.82, 2.24) is 5.32 Å². The van der Waals surface area contributed by atoms with Crippen LogP contribution >= 0.6 is 0 Å². The summed E-state index contributed by atoms with van der Waals surface area (Å²) in [5.74, 6) is -0.479. The highest BCUT2D eigenvalue weighted by Gasteiger charge is 2.16. The van der Waals surface area contributed by atoms with Gasteiger partial charge in [-0.15, -0.1) is 0 Å². The van der Waals surface area contributed by atoms with Crippen LogP contribution in [0.5, 0.6) is 5.75 Å². The van der Waals surface area contributed by atoms with Gasteiger partial charge in [-0.25, -0.2) is 8.78 Å². The van der Waals surface area contributed by atoms with Gasteiger partial charge in [-0.1, -0.05) is 37.3 Å². The first-order valence-electron chi connectivity index (χ1n) is 6.99. The number of hydrogen-bond donors (Lipinski definition) is 1. The van der Waals surface area contributed by atoms with E-state index in [0.717, 1.165) is 0 Å². The van der Waals surface area contributed by atoms with E-state index < -0.39 is 0 Å². The zero-order valence-corrected chi connectivity index (χ0v) is 12.2. The minimum absolute atomic E-state index is 0.162. The van der Waals surface area contributed by atoms with Crippen molar-refractivity contribution in [3.05, 3.63) is 65.2 Å². The molecule has 4 heteroatoms. The second kappa shape index (κ2) is 7.18. The van der Waals surface area contributed by atoms with Crippen molar-refractivity contribution in [3.63, 3.8) is 0 Å². The van der Waals surface area contributed by atoms with Gasteiger partial charge in [0.05, 0.1) is 6.04 Å². The van der Waals surface area contributed by atoms with Gasteiger partial charge in [-0.3, -0.25) is 0 Å². The molecule has 0 aliphatic carbocycles. The monoisotopic (exact) mass is 291 g/mol. The number of benzene rings is 2. The molecule has 112 valence electrons. The lowest BCUT2D eigenvalue weighted by atomic mass is 10.1. The fraction of sp³-hybridized carbons (Fsp3) is 0.294. The average molecular weight is 291 g/mol. The fourth-order valence-electron chi connectivity index (χ4n) is 2.17. The van der Waals surface area contributed by atoms with E-state index in [1.54, 1.807) is 43.3 Å². The van der Waals surface area contributed by atoms with Crippen LogP contribution in [0.3, 0.4) is 0 Å². The Morgan fingerprint density at radius 2 is 1.86 bits per heavy atom. The Morgan fingerprint density at radius 3 is 2.57 bits per heavy atom. The van der Waals surface area contributed by atoms with Crippen LogP contribution in [-0.2, 0) is 0 Å². The minimum atomic E-state index is -0.374. The van der Waals surface area contributed by atoms with Crippen molar-refractivity contribution >= 4 is 0 Å². The van der Waals surface area contributed by atoms with Crippen molar-refractivity contribution in [3.8, 4) is 5.75 Å². The number of aryl methyl sites for hydroxylation is 1. The first-order chi connectivity index (χ1) is 10.1. The summed E-state index contributed by atoms with van der Waals surface area (Å²) >= 11 is 0. The molecule has 0 aliphatic heterocycles. The molecule has 2 aromatic rings. The SMILES string of the molecule is CCNC(COc1cccc(C)c1F)c1ccccc1F. The summed E-state index contributed by atoms with van der Waals surface area (Å²) in [6.07, 6.45) is 0. The topological polar surface area (TPSA) is 21.3 Å². The third-order valence-corrected chi connectivity index (χ3v) is 3.29. The molecule has 1 N–H and O–H groups in total. The summed E-state index contributed by atoms with van der Waals surface area (Å²) in [5, 5.41) is 3.16. The van der Waals surface area contributed by atoms with Crippen molar-refractivity contribution in [2.24, 2.45) is 0 Å². The van der Waals surface area contributed by atoms with Gasteiger partial charge in [0.2, 0.25) is 0 Å². The van der Waals surface area contributed by atoms with Crippen LogP contribution in [0.25, 0.3) is 0 Å². The van der Waals surface area contributed by atoms with E-state index in [2.05, 4.69) is 5.32 Å². The number of rotatable bonds is 6. The Bertz CT molecular complexity index is 601. The first-order valence-corrected chi connectivity index (χ1v) is 6.99. The zero-order chi connectivity index (χ0) is 15.2. The zero-order valence-electron chi connectivity index (χ0n) is 12.2. The molecule has 2 nitrogen and oxygen atoms in total. The van der Waals surface area contributed by atoms with Crippen LogP contribution in [0.15, 0.2) is 42.5 Å². The first kappa shape index (κ1) is 15.4. The summed E-state index contributed by atoms with van der Waals surface area (Å²) in [7, 11) is 0. The van der Waals surface area contributed by atoms with Gasteiger partial charge >= 0.3 is 0 Å². The number of likely N-dealkylation sites (N-methyl/N-ethyl adjacent to an activating group) is 1. The third-order valence-electron chi connectivity index (χ3n) is 3.29. The highest BCUT2D eigenvalue weighted by atomic mass is 19.1. The van der Waals surface area contributed by atoms with Gasteiger partial charge in [0.25, 0.3) is 0 Å². The maximum Gasteiger partial charge on any atom is 0.167 e. The smallest absolute Gasteiger partial charge is 0.167 e. The minimum Gasteiger partial charge on any atom is -0.489 e. The molecule has 0 radical (unpaired) electrons. The number of ether oxygens (including phenoxy) is 1. The molecule has 0 amide bonds. The van der Waals surface area contributed by atoms with Crippen molar-refractivity contribution in [1.29, 1.82) is 0 Å². The molecule has 2 rings (SSSR count). The van der Waals surface area contributed by atoms with Crippen LogP contribution in [0.2, 0.25) is 0 Å². The molecule has 0 spiro atoms. The van der Waals surface area contributed by atoms with Crippen LogP contribution < -0.4 is 10.1 Å². The van der Waals surface area contributed by atoms with Crippen LogP contribution in [0, 0.1) is 18.6 Å². The summed E-state index contributed by atoms with van der Waals surface area (Å²) in [6, 6.07) is 11.2. The molecule has 1 atom stereocenters. The summed E-state index contributed by atoms with van der Waals surface area (Å²) in [6.45, 7) is 4.44. The molecule has 0 aliphatic rings. The molecule has 0 aromatic heterocycles. The Morgan fingerprint density at radius 1 is 1.10 bits per heavy atom. The largest absolute Gasteiger partial charge is 0.489 e. The Balaban J connectivity index is 2.14. The van der Waals surface area contributed by atoms with E-state index in [1.807, 2.05) is 6.92 Å². The lowest BCUT2D eigenvalue weighted by Crippen LogP contribution is -2.27. The molecule has 0 heterocycles. The van der Waals surface area contributed by atoms with Gasteiger partial charge in [0.15, 0.2) is 11.6 Å². The number of halogens is 2. The average Bonchev–Trinajstić information content (AvgIpc) is 2.48. The molecule has 0 fully saturated rings. The quantitative estimate of drug-likeness (QED) is 0.868. The van der Waals surface area contributed by atoms with E-state index in [9.17, 15) is 8.78 Å². The van der Waals surface area contributed by atoms with E-state index in [0.29, 0.717) is 17.7 Å². The summed E-state index contributed by atoms with van der Waals surface area (Å²) in [4.78, 5) is 0. The number of hydrogen-bond acceptors (Lipinski definition) is 2. The lowest BCUT2D eigenvalue weighted by molar-refractivity contribution is 0.254. The van der Waals surface area contributed by atoms with Gasteiger partial charge < -0.3 is 10.1 Å². The molecule has 0 saturated heterocycles. The fourth-order valence-corrected chi connectivity index (χ4v) is 2.17. The van der Waals surface area contributed by atoms with Gasteiger partial charge in [0, 0.05) is 5.56 Å². The van der Waals surface area contributed by atoms with E-state index in [-0.39, 0.29) is 30.0 Å². The Labute approximate surface area is 123 Å². The van der Waals surface area contributed by atoms with Gasteiger partial charge in [-0.05, 0) is 31.2 Å². The second-order valence-electron chi connectivity index (χ2n) is 4.83. The summed E-state index contributed by atoms with van der Waals surface area (Å²) in [5.41, 5.74) is 1.05. The predicted molar refractivity (Wildman–Crippen MR) is 79.4 cm³/mol. The summed E-state index contributed by atoms with van der Waals surface area (Å²) < 4.78 is 33.3. The van der Waals surface area contributed by atoms with Crippen molar-refractivity contribution < 1.29 is 13.5 Å². The molecular formula is C17H19F2NO. The van der Waals surface area contributed by atoms with Crippen LogP contribution in [0.1, 0.15) is 24.1 Å².